The Kier molecular flexibility index (Phi) is 5.14. The zero-order valence-corrected chi connectivity index (χ0v) is 10.8. The summed E-state index contributed by atoms with van der Waals surface area (Å²) in [5.74, 6) is 0. The van der Waals surface area contributed by atoms with Crippen molar-refractivity contribution < 1.29 is 0 Å². The summed E-state index contributed by atoms with van der Waals surface area (Å²) in [6.45, 7) is 0. The third-order valence-electron chi connectivity index (χ3n) is 1.14. The molecule has 0 aliphatic carbocycles. The van der Waals surface area contributed by atoms with Crippen LogP contribution in [0.1, 0.15) is 5.69 Å². The minimum absolute atomic E-state index is 0. The minimum Gasteiger partial charge on any atom is -0.271 e. The lowest BCUT2D eigenvalue weighted by Crippen LogP contribution is -1.95. The molecule has 0 unspecified atom stereocenters. The fraction of sp³-hybridized carbons (Fsp3) is 0.400. The number of aryl methyl sites for hydroxylation is 1. The molecule has 1 heterocycles. The van der Waals surface area contributed by atoms with Crippen LogP contribution < -0.4 is 0 Å². The third-order valence-corrected chi connectivity index (χ3v) is 2.57. The summed E-state index contributed by atoms with van der Waals surface area (Å²) in [4.78, 5) is 0. The molecule has 0 amide bonds. The first-order valence-electron chi connectivity index (χ1n) is 2.48. The molecule has 0 radical (unpaired) electrons. The van der Waals surface area contributed by atoms with Gasteiger partial charge in [0.05, 0.1) is 15.5 Å². The van der Waals surface area contributed by atoms with E-state index in [4.69, 9.17) is 0 Å². The van der Waals surface area contributed by atoms with Crippen molar-refractivity contribution in [3.8, 4) is 0 Å². The van der Waals surface area contributed by atoms with E-state index < -0.39 is 0 Å². The van der Waals surface area contributed by atoms with Crippen LogP contribution in [-0.4, -0.2) is 9.78 Å². The van der Waals surface area contributed by atoms with Gasteiger partial charge in [0.2, 0.25) is 0 Å². The highest BCUT2D eigenvalue weighted by Crippen LogP contribution is 2.12. The van der Waals surface area contributed by atoms with Crippen LogP contribution in [0, 0.1) is 3.57 Å². The van der Waals surface area contributed by atoms with E-state index in [1.165, 1.54) is 9.26 Å². The summed E-state index contributed by atoms with van der Waals surface area (Å²) >= 11 is 5.64. The molecule has 0 atom stereocenters. The standard InChI is InChI=1S/C5H6BrIN2.BrH/c1-9-5(2-6)4(7)3-8-9;/h3H,2H2,1H3;1H. The maximum absolute atomic E-state index is 4.07. The van der Waals surface area contributed by atoms with Gasteiger partial charge in [-0.15, -0.1) is 17.0 Å². The number of rotatable bonds is 1. The average Bonchev–Trinajstić information content (AvgIpc) is 2.12. The van der Waals surface area contributed by atoms with Crippen molar-refractivity contribution >= 4 is 55.5 Å². The van der Waals surface area contributed by atoms with Gasteiger partial charge in [0.15, 0.2) is 0 Å². The quantitative estimate of drug-likeness (QED) is 0.540. The van der Waals surface area contributed by atoms with Crippen molar-refractivity contribution in [1.29, 1.82) is 0 Å². The largest absolute Gasteiger partial charge is 0.271 e. The highest BCUT2D eigenvalue weighted by Gasteiger charge is 2.01. The molecule has 1 rings (SSSR count). The molecular weight excluding hydrogens is 375 g/mol. The fourth-order valence-electron chi connectivity index (χ4n) is 0.586. The van der Waals surface area contributed by atoms with Gasteiger partial charge in [0, 0.05) is 12.4 Å². The maximum Gasteiger partial charge on any atom is 0.0626 e. The van der Waals surface area contributed by atoms with E-state index in [1.54, 1.807) is 0 Å². The molecule has 5 heteroatoms. The highest BCUT2D eigenvalue weighted by molar-refractivity contribution is 14.1. The summed E-state index contributed by atoms with van der Waals surface area (Å²) in [5, 5.41) is 4.94. The molecule has 0 N–H and O–H groups in total. The second kappa shape index (κ2) is 4.71. The van der Waals surface area contributed by atoms with E-state index in [2.05, 4.69) is 43.6 Å². The Morgan fingerprint density at radius 1 is 1.80 bits per heavy atom. The van der Waals surface area contributed by atoms with Crippen molar-refractivity contribution in [3.05, 3.63) is 15.5 Å². The normalized spacial score (nSPS) is 9.10. The lowest BCUT2D eigenvalue weighted by Gasteiger charge is -1.94. The molecule has 0 saturated carbocycles. The van der Waals surface area contributed by atoms with Gasteiger partial charge in [-0.1, -0.05) is 15.9 Å². The summed E-state index contributed by atoms with van der Waals surface area (Å²) in [5.41, 5.74) is 1.23. The van der Waals surface area contributed by atoms with E-state index in [1.807, 2.05) is 17.9 Å². The molecule has 0 aliphatic heterocycles. The zero-order chi connectivity index (χ0) is 6.85. The van der Waals surface area contributed by atoms with Crippen molar-refractivity contribution in [3.63, 3.8) is 0 Å². The molecular formula is C5H7Br2IN2. The van der Waals surface area contributed by atoms with Gasteiger partial charge in [0.25, 0.3) is 0 Å². The van der Waals surface area contributed by atoms with Crippen LogP contribution in [0.3, 0.4) is 0 Å². The van der Waals surface area contributed by atoms with Crippen LogP contribution in [0.4, 0.5) is 0 Å². The van der Waals surface area contributed by atoms with Crippen molar-refractivity contribution in [2.75, 3.05) is 0 Å². The fourth-order valence-corrected chi connectivity index (χ4v) is 2.44. The van der Waals surface area contributed by atoms with E-state index in [0.29, 0.717) is 0 Å². The summed E-state index contributed by atoms with van der Waals surface area (Å²) in [6.07, 6.45) is 1.86. The molecule has 0 fully saturated rings. The van der Waals surface area contributed by atoms with E-state index >= 15 is 0 Å². The maximum atomic E-state index is 4.07. The van der Waals surface area contributed by atoms with Crippen molar-refractivity contribution in [2.24, 2.45) is 7.05 Å². The minimum atomic E-state index is 0. The Labute approximate surface area is 92.4 Å². The topological polar surface area (TPSA) is 17.8 Å². The van der Waals surface area contributed by atoms with E-state index in [0.717, 1.165) is 5.33 Å². The Balaban J connectivity index is 0.000000810. The first-order chi connectivity index (χ1) is 4.25. The second-order valence-electron chi connectivity index (χ2n) is 1.70. The second-order valence-corrected chi connectivity index (χ2v) is 3.42. The molecule has 1 aromatic heterocycles. The smallest absolute Gasteiger partial charge is 0.0626 e. The Hall–Kier alpha value is 0.900. The summed E-state index contributed by atoms with van der Waals surface area (Å²) in [6, 6.07) is 0. The molecule has 58 valence electrons. The summed E-state index contributed by atoms with van der Waals surface area (Å²) in [7, 11) is 1.94. The van der Waals surface area contributed by atoms with Gasteiger partial charge in [-0.25, -0.2) is 0 Å². The molecule has 0 spiro atoms. The van der Waals surface area contributed by atoms with Crippen LogP contribution in [0.15, 0.2) is 6.20 Å². The number of aromatic nitrogens is 2. The average molecular weight is 382 g/mol. The lowest BCUT2D eigenvalue weighted by atomic mass is 10.5. The van der Waals surface area contributed by atoms with Crippen molar-refractivity contribution in [2.45, 2.75) is 5.33 Å². The predicted octanol–water partition coefficient (Wildman–Crippen LogP) is 2.50. The first-order valence-corrected chi connectivity index (χ1v) is 4.68. The van der Waals surface area contributed by atoms with Gasteiger partial charge in [-0.05, 0) is 22.6 Å². The van der Waals surface area contributed by atoms with E-state index in [9.17, 15) is 0 Å². The van der Waals surface area contributed by atoms with E-state index in [-0.39, 0.29) is 17.0 Å². The number of hydrogen-bond donors (Lipinski definition) is 0. The van der Waals surface area contributed by atoms with Crippen LogP contribution in [0.5, 0.6) is 0 Å². The number of alkyl halides is 1. The molecule has 10 heavy (non-hydrogen) atoms. The third kappa shape index (κ3) is 2.20. The van der Waals surface area contributed by atoms with Crippen LogP contribution in [-0.2, 0) is 12.4 Å². The molecule has 0 aliphatic rings. The molecule has 0 aromatic carbocycles. The number of halogens is 3. The van der Waals surface area contributed by atoms with Crippen LogP contribution in [0.2, 0.25) is 0 Å². The molecule has 2 nitrogen and oxygen atoms in total. The van der Waals surface area contributed by atoms with Gasteiger partial charge < -0.3 is 0 Å². The number of nitrogens with zero attached hydrogens (tertiary/aromatic N) is 2. The monoisotopic (exact) mass is 380 g/mol. The Morgan fingerprint density at radius 3 is 2.60 bits per heavy atom. The zero-order valence-electron chi connectivity index (χ0n) is 5.34. The Bertz CT molecular complexity index is 192. The lowest BCUT2D eigenvalue weighted by molar-refractivity contribution is 0.736. The van der Waals surface area contributed by atoms with Gasteiger partial charge in [0.1, 0.15) is 0 Å². The highest BCUT2D eigenvalue weighted by atomic mass is 127. The SMILES string of the molecule is Br.Cn1ncc(I)c1CBr. The van der Waals surface area contributed by atoms with Crippen LogP contribution >= 0.6 is 55.5 Å². The Morgan fingerprint density at radius 2 is 2.40 bits per heavy atom. The van der Waals surface area contributed by atoms with Gasteiger partial charge in [-0.2, -0.15) is 5.10 Å². The number of hydrogen-bond acceptors (Lipinski definition) is 1. The summed E-state index contributed by atoms with van der Waals surface area (Å²) < 4.78 is 3.09. The molecule has 0 saturated heterocycles. The molecule has 1 aromatic rings. The van der Waals surface area contributed by atoms with Gasteiger partial charge >= 0.3 is 0 Å². The van der Waals surface area contributed by atoms with Gasteiger partial charge in [-0.3, -0.25) is 4.68 Å². The van der Waals surface area contributed by atoms with Crippen molar-refractivity contribution in [1.82, 2.24) is 9.78 Å². The predicted molar refractivity (Wildman–Crippen MR) is 58.9 cm³/mol. The van der Waals surface area contributed by atoms with Crippen LogP contribution in [0.25, 0.3) is 0 Å². The first kappa shape index (κ1) is 10.9. The molecule has 0 bridgehead atoms.